The van der Waals surface area contributed by atoms with Gasteiger partial charge in [-0.3, -0.25) is 14.0 Å². The lowest BCUT2D eigenvalue weighted by atomic mass is 9.94. The van der Waals surface area contributed by atoms with E-state index in [1.807, 2.05) is 0 Å². The molecule has 0 atom stereocenters. The first-order chi connectivity index (χ1) is 20.8. The molecule has 0 radical (unpaired) electrons. The maximum absolute atomic E-state index is 14.9. The van der Waals surface area contributed by atoms with Gasteiger partial charge in [0.25, 0.3) is 11.5 Å². The van der Waals surface area contributed by atoms with Gasteiger partial charge in [0.2, 0.25) is 0 Å². The number of nitrogens with zero attached hydrogens (tertiary/aromatic N) is 5. The van der Waals surface area contributed by atoms with E-state index < -0.39 is 17.7 Å². The molecule has 4 heterocycles. The van der Waals surface area contributed by atoms with Gasteiger partial charge in [-0.15, -0.1) is 0 Å². The van der Waals surface area contributed by atoms with Crippen molar-refractivity contribution < 1.29 is 23.2 Å². The number of ether oxygens (including phenoxy) is 1. The van der Waals surface area contributed by atoms with Gasteiger partial charge in [-0.05, 0) is 57.0 Å². The number of aromatic nitrogens is 4. The molecular formula is C31H27ClFN5O5. The van der Waals surface area contributed by atoms with Gasteiger partial charge in [0.05, 0.1) is 22.6 Å². The average Bonchev–Trinajstić information content (AvgIpc) is 3.38. The summed E-state index contributed by atoms with van der Waals surface area (Å²) < 4.78 is 28.7. The lowest BCUT2D eigenvalue weighted by Crippen LogP contribution is -2.35. The van der Waals surface area contributed by atoms with Gasteiger partial charge in [0.1, 0.15) is 39.7 Å². The van der Waals surface area contributed by atoms with Gasteiger partial charge in [-0.1, -0.05) is 48.2 Å². The van der Waals surface area contributed by atoms with Crippen LogP contribution >= 0.6 is 11.6 Å². The number of esters is 1. The summed E-state index contributed by atoms with van der Waals surface area (Å²) in [4.78, 5) is 50.3. The van der Waals surface area contributed by atoms with Crippen LogP contribution < -0.4 is 11.0 Å². The number of aryl methyl sites for hydroxylation is 1. The third-order valence-electron chi connectivity index (χ3n) is 7.65. The van der Waals surface area contributed by atoms with Crippen LogP contribution in [0, 0.1) is 12.7 Å². The standard InChI is InChI=1S/C31H27ClFN5O5/c1-3-42-31(41)20-16-19-27(34-23-14-7-8-15-37(23)30(19)40)38(18-10-5-4-6-11-18)28(20)35-29(39)24-17(2)43-36-26(24)25-21(32)12-9-13-22(25)33/h7-9,12-16,18H,3-6,10-11H2,1-2H3. The zero-order valence-electron chi connectivity index (χ0n) is 23.5. The van der Waals surface area contributed by atoms with Crippen molar-refractivity contribution in [2.45, 2.75) is 52.0 Å². The van der Waals surface area contributed by atoms with Crippen molar-refractivity contribution in [2.24, 2.45) is 4.99 Å². The number of fused-ring (bicyclic) bond motifs is 2. The quantitative estimate of drug-likeness (QED) is 0.183. The van der Waals surface area contributed by atoms with Crippen molar-refractivity contribution in [1.29, 1.82) is 0 Å². The summed E-state index contributed by atoms with van der Waals surface area (Å²) >= 11 is 6.30. The second kappa shape index (κ2) is 11.6. The zero-order valence-corrected chi connectivity index (χ0v) is 24.2. The molecule has 1 aliphatic carbocycles. The van der Waals surface area contributed by atoms with E-state index in [-0.39, 0.29) is 62.2 Å². The van der Waals surface area contributed by atoms with Crippen molar-refractivity contribution in [1.82, 2.24) is 19.1 Å². The number of hydrogen-bond acceptors (Lipinski definition) is 7. The first-order valence-corrected chi connectivity index (χ1v) is 14.4. The number of rotatable bonds is 5. The largest absolute Gasteiger partial charge is 0.462 e. The minimum Gasteiger partial charge on any atom is -0.462 e. The van der Waals surface area contributed by atoms with Gasteiger partial charge in [-0.2, -0.15) is 4.99 Å². The van der Waals surface area contributed by atoms with Crippen molar-refractivity contribution >= 4 is 40.2 Å². The highest BCUT2D eigenvalue weighted by Crippen LogP contribution is 2.34. The third-order valence-corrected chi connectivity index (χ3v) is 7.97. The molecule has 1 saturated carbocycles. The fourth-order valence-electron chi connectivity index (χ4n) is 5.67. The second-order valence-electron chi connectivity index (χ2n) is 10.3. The van der Waals surface area contributed by atoms with Crippen molar-refractivity contribution in [3.63, 3.8) is 0 Å². The molecule has 1 amide bonds. The van der Waals surface area contributed by atoms with Gasteiger partial charge in [-0.25, -0.2) is 14.2 Å². The monoisotopic (exact) mass is 603 g/mol. The molecule has 1 aliphatic rings. The first-order valence-electron chi connectivity index (χ1n) is 14.0. The van der Waals surface area contributed by atoms with Crippen molar-refractivity contribution in [3.8, 4) is 11.3 Å². The highest BCUT2D eigenvalue weighted by molar-refractivity contribution is 6.33. The molecule has 6 rings (SSSR count). The number of carbonyl (C=O) groups is 2. The SMILES string of the molecule is CCOC(=O)c1cc2c(=O)n3ccccc3nc2n(C2CCCCC2)c1=NC(=O)c1c(-c2c(F)cccc2Cl)noc1C. The van der Waals surface area contributed by atoms with E-state index in [1.165, 1.54) is 35.6 Å². The molecule has 1 aromatic carbocycles. The maximum atomic E-state index is 14.9. The Kier molecular flexibility index (Phi) is 7.66. The van der Waals surface area contributed by atoms with Crippen molar-refractivity contribution in [2.75, 3.05) is 6.61 Å². The Bertz CT molecular complexity index is 2020. The van der Waals surface area contributed by atoms with Gasteiger partial charge < -0.3 is 13.8 Å². The smallest absolute Gasteiger partial charge is 0.341 e. The number of carbonyl (C=O) groups excluding carboxylic acids is 2. The Balaban J connectivity index is 1.70. The fraction of sp³-hybridized carbons (Fsp3) is 0.290. The van der Waals surface area contributed by atoms with Crippen LogP contribution in [0.25, 0.3) is 27.9 Å². The summed E-state index contributed by atoms with van der Waals surface area (Å²) in [5.74, 6) is -2.19. The summed E-state index contributed by atoms with van der Waals surface area (Å²) in [6.07, 6.45) is 5.89. The van der Waals surface area contributed by atoms with Crippen LogP contribution in [0.3, 0.4) is 0 Å². The lowest BCUT2D eigenvalue weighted by molar-refractivity contribution is 0.0523. The van der Waals surface area contributed by atoms with E-state index >= 15 is 0 Å². The summed E-state index contributed by atoms with van der Waals surface area (Å²) in [6, 6.07) is 10.5. The fourth-order valence-corrected chi connectivity index (χ4v) is 5.92. The maximum Gasteiger partial charge on any atom is 0.341 e. The molecular weight excluding hydrogens is 577 g/mol. The van der Waals surface area contributed by atoms with Crippen LogP contribution in [0.4, 0.5) is 4.39 Å². The van der Waals surface area contributed by atoms with Crippen LogP contribution in [0.5, 0.6) is 0 Å². The molecule has 0 unspecified atom stereocenters. The number of halogens is 2. The predicted molar refractivity (Wildman–Crippen MR) is 157 cm³/mol. The molecule has 0 N–H and O–H groups in total. The van der Waals surface area contributed by atoms with Crippen LogP contribution in [0.2, 0.25) is 5.02 Å². The van der Waals surface area contributed by atoms with E-state index in [4.69, 9.17) is 25.8 Å². The molecule has 0 spiro atoms. The highest BCUT2D eigenvalue weighted by atomic mass is 35.5. The van der Waals surface area contributed by atoms with E-state index in [2.05, 4.69) is 10.1 Å². The molecule has 10 nitrogen and oxygen atoms in total. The van der Waals surface area contributed by atoms with Crippen LogP contribution in [-0.4, -0.2) is 37.6 Å². The van der Waals surface area contributed by atoms with E-state index in [0.29, 0.717) is 11.3 Å². The summed E-state index contributed by atoms with van der Waals surface area (Å²) in [5.41, 5.74) is -0.0870. The van der Waals surface area contributed by atoms with Gasteiger partial charge in [0, 0.05) is 12.2 Å². The minimum atomic E-state index is -0.833. The van der Waals surface area contributed by atoms with E-state index in [1.54, 1.807) is 35.9 Å². The number of pyridine rings is 2. The molecule has 4 aromatic heterocycles. The molecule has 5 aromatic rings. The normalized spacial score (nSPS) is 14.5. The number of hydrogen-bond donors (Lipinski definition) is 0. The molecule has 0 aliphatic heterocycles. The topological polar surface area (TPSA) is 121 Å². The average molecular weight is 604 g/mol. The zero-order chi connectivity index (χ0) is 30.2. The van der Waals surface area contributed by atoms with E-state index in [9.17, 15) is 18.8 Å². The van der Waals surface area contributed by atoms with Crippen LogP contribution in [-0.2, 0) is 4.74 Å². The van der Waals surface area contributed by atoms with Gasteiger partial charge >= 0.3 is 5.97 Å². The minimum absolute atomic E-state index is 0.0128. The molecule has 1 fully saturated rings. The van der Waals surface area contributed by atoms with Crippen molar-refractivity contribution in [3.05, 3.63) is 92.2 Å². The molecule has 0 saturated heterocycles. The third kappa shape index (κ3) is 5.03. The molecule has 12 heteroatoms. The first kappa shape index (κ1) is 28.5. The molecule has 43 heavy (non-hydrogen) atoms. The Morgan fingerprint density at radius 1 is 1.16 bits per heavy atom. The Morgan fingerprint density at radius 2 is 1.95 bits per heavy atom. The predicted octanol–water partition coefficient (Wildman–Crippen LogP) is 5.83. The summed E-state index contributed by atoms with van der Waals surface area (Å²) in [6.45, 7) is 3.22. The van der Waals surface area contributed by atoms with Crippen LogP contribution in [0.15, 0.2) is 63.0 Å². The van der Waals surface area contributed by atoms with E-state index in [0.717, 1.165) is 32.1 Å². The Labute approximate surface area is 249 Å². The molecule has 0 bridgehead atoms. The highest BCUT2D eigenvalue weighted by Gasteiger charge is 2.28. The number of benzene rings is 1. The summed E-state index contributed by atoms with van der Waals surface area (Å²) in [7, 11) is 0. The Hall–Kier alpha value is -4.64. The molecule has 220 valence electrons. The Morgan fingerprint density at radius 3 is 2.70 bits per heavy atom. The van der Waals surface area contributed by atoms with Crippen LogP contribution in [0.1, 0.15) is 71.5 Å². The summed E-state index contributed by atoms with van der Waals surface area (Å²) in [5, 5.41) is 4.15. The second-order valence-corrected chi connectivity index (χ2v) is 10.7. The van der Waals surface area contributed by atoms with Gasteiger partial charge in [0.15, 0.2) is 5.49 Å². The number of amides is 1. The lowest BCUT2D eigenvalue weighted by Gasteiger charge is -2.27.